The predicted octanol–water partition coefficient (Wildman–Crippen LogP) is 1.64. The number of carbonyl (C=O) groups is 2. The molecule has 1 aromatic rings. The van der Waals surface area contributed by atoms with Crippen molar-refractivity contribution in [3.63, 3.8) is 0 Å². The molecule has 0 aliphatic rings. The zero-order valence-electron chi connectivity index (χ0n) is 14.1. The van der Waals surface area contributed by atoms with Gasteiger partial charge in [-0.15, -0.1) is 0 Å². The maximum absolute atomic E-state index is 12.1. The van der Waals surface area contributed by atoms with Gasteiger partial charge >= 0.3 is 5.97 Å². The normalized spacial score (nSPS) is 10.2. The average molecular weight is 325 g/mol. The van der Waals surface area contributed by atoms with Crippen molar-refractivity contribution in [1.29, 1.82) is 0 Å². The minimum atomic E-state index is -0.649. The van der Waals surface area contributed by atoms with Crippen LogP contribution in [0.4, 0.5) is 0 Å². The molecule has 0 atom stereocenters. The highest BCUT2D eigenvalue weighted by Crippen LogP contribution is 2.38. The van der Waals surface area contributed by atoms with Crippen LogP contribution in [-0.4, -0.2) is 46.4 Å². The second-order valence-electron chi connectivity index (χ2n) is 5.19. The standard InChI is InChI=1S/C16H23NO6/c1-10(2)8-17-14(18)9-23-16(19)11-6-12(20-3)15(22-5)13(7-11)21-4/h6-7,10H,8-9H2,1-5H3,(H,17,18). The zero-order chi connectivity index (χ0) is 17.4. The number of ether oxygens (including phenoxy) is 4. The molecule has 0 spiro atoms. The van der Waals surface area contributed by atoms with Gasteiger partial charge in [0.15, 0.2) is 18.1 Å². The molecule has 0 radical (unpaired) electrons. The highest BCUT2D eigenvalue weighted by molar-refractivity contribution is 5.92. The summed E-state index contributed by atoms with van der Waals surface area (Å²) in [7, 11) is 4.37. The first kappa shape index (κ1) is 18.6. The van der Waals surface area contributed by atoms with Gasteiger partial charge in [-0.25, -0.2) is 4.79 Å². The molecule has 0 aliphatic heterocycles. The van der Waals surface area contributed by atoms with E-state index in [9.17, 15) is 9.59 Å². The molecule has 0 saturated heterocycles. The van der Waals surface area contributed by atoms with Crippen LogP contribution in [0, 0.1) is 5.92 Å². The van der Waals surface area contributed by atoms with E-state index >= 15 is 0 Å². The second-order valence-corrected chi connectivity index (χ2v) is 5.19. The number of methoxy groups -OCH3 is 3. The molecular weight excluding hydrogens is 302 g/mol. The second kappa shape index (κ2) is 8.87. The number of hydrogen-bond acceptors (Lipinski definition) is 6. The van der Waals surface area contributed by atoms with Gasteiger partial charge in [0, 0.05) is 6.54 Å². The number of benzene rings is 1. The van der Waals surface area contributed by atoms with E-state index in [1.807, 2.05) is 13.8 Å². The van der Waals surface area contributed by atoms with Crippen LogP contribution in [0.15, 0.2) is 12.1 Å². The summed E-state index contributed by atoms with van der Waals surface area (Å²) in [5.74, 6) is 0.376. The maximum Gasteiger partial charge on any atom is 0.338 e. The van der Waals surface area contributed by atoms with Crippen LogP contribution in [0.5, 0.6) is 17.2 Å². The third-order valence-corrected chi connectivity index (χ3v) is 2.94. The SMILES string of the molecule is COc1cc(C(=O)OCC(=O)NCC(C)C)cc(OC)c1OC. The van der Waals surface area contributed by atoms with Gasteiger partial charge < -0.3 is 24.3 Å². The van der Waals surface area contributed by atoms with Gasteiger partial charge in [0.2, 0.25) is 5.75 Å². The minimum Gasteiger partial charge on any atom is -0.493 e. The van der Waals surface area contributed by atoms with Crippen LogP contribution in [-0.2, 0) is 9.53 Å². The molecular formula is C16H23NO6. The summed E-state index contributed by atoms with van der Waals surface area (Å²) in [6, 6.07) is 2.94. The summed E-state index contributed by atoms with van der Waals surface area (Å²) < 4.78 is 20.5. The first-order chi connectivity index (χ1) is 10.9. The van der Waals surface area contributed by atoms with Gasteiger partial charge in [0.1, 0.15) is 0 Å². The van der Waals surface area contributed by atoms with E-state index in [0.29, 0.717) is 29.7 Å². The van der Waals surface area contributed by atoms with Crippen molar-refractivity contribution < 1.29 is 28.5 Å². The molecule has 0 fully saturated rings. The third kappa shape index (κ3) is 5.36. The van der Waals surface area contributed by atoms with Crippen LogP contribution >= 0.6 is 0 Å². The Morgan fingerprint density at radius 2 is 1.61 bits per heavy atom. The molecule has 7 heteroatoms. The van der Waals surface area contributed by atoms with Crippen LogP contribution in [0.1, 0.15) is 24.2 Å². The van der Waals surface area contributed by atoms with Gasteiger partial charge in [0.05, 0.1) is 26.9 Å². The Morgan fingerprint density at radius 1 is 1.04 bits per heavy atom. The van der Waals surface area contributed by atoms with E-state index in [1.165, 1.54) is 33.5 Å². The number of nitrogens with one attached hydrogen (secondary N) is 1. The fourth-order valence-corrected chi connectivity index (χ4v) is 1.78. The van der Waals surface area contributed by atoms with Gasteiger partial charge in [-0.1, -0.05) is 13.8 Å². The van der Waals surface area contributed by atoms with Gasteiger partial charge in [-0.2, -0.15) is 0 Å². The molecule has 1 aromatic carbocycles. The molecule has 1 rings (SSSR count). The molecule has 128 valence electrons. The zero-order valence-corrected chi connectivity index (χ0v) is 14.1. The average Bonchev–Trinajstić information content (AvgIpc) is 2.56. The smallest absolute Gasteiger partial charge is 0.338 e. The van der Waals surface area contributed by atoms with Crippen molar-refractivity contribution >= 4 is 11.9 Å². The fourth-order valence-electron chi connectivity index (χ4n) is 1.78. The Morgan fingerprint density at radius 3 is 2.04 bits per heavy atom. The topological polar surface area (TPSA) is 83.1 Å². The number of esters is 1. The molecule has 23 heavy (non-hydrogen) atoms. The first-order valence-corrected chi connectivity index (χ1v) is 7.16. The van der Waals surface area contributed by atoms with Crippen molar-refractivity contribution in [2.24, 2.45) is 5.92 Å². The molecule has 0 bridgehead atoms. The number of hydrogen-bond donors (Lipinski definition) is 1. The molecule has 0 saturated carbocycles. The van der Waals surface area contributed by atoms with E-state index in [0.717, 1.165) is 0 Å². The monoisotopic (exact) mass is 325 g/mol. The van der Waals surface area contributed by atoms with Crippen molar-refractivity contribution in [3.05, 3.63) is 17.7 Å². The van der Waals surface area contributed by atoms with Crippen molar-refractivity contribution in [1.82, 2.24) is 5.32 Å². The Kier molecular flexibility index (Phi) is 7.18. The van der Waals surface area contributed by atoms with Crippen LogP contribution in [0.3, 0.4) is 0 Å². The Bertz CT molecular complexity index is 530. The lowest BCUT2D eigenvalue weighted by Gasteiger charge is -2.14. The Hall–Kier alpha value is -2.44. The van der Waals surface area contributed by atoms with E-state index in [-0.39, 0.29) is 18.1 Å². The molecule has 0 aliphatic carbocycles. The minimum absolute atomic E-state index is 0.205. The molecule has 0 unspecified atom stereocenters. The van der Waals surface area contributed by atoms with Crippen molar-refractivity contribution in [3.8, 4) is 17.2 Å². The fraction of sp³-hybridized carbons (Fsp3) is 0.500. The summed E-state index contributed by atoms with van der Waals surface area (Å²) in [5.41, 5.74) is 0.205. The summed E-state index contributed by atoms with van der Waals surface area (Å²) in [4.78, 5) is 23.6. The number of amides is 1. The quantitative estimate of drug-likeness (QED) is 0.732. The third-order valence-electron chi connectivity index (χ3n) is 2.94. The molecule has 1 N–H and O–H groups in total. The van der Waals surface area contributed by atoms with Crippen molar-refractivity contribution in [2.75, 3.05) is 34.5 Å². The maximum atomic E-state index is 12.1. The van der Waals surface area contributed by atoms with E-state index in [1.54, 1.807) is 0 Å². The van der Waals surface area contributed by atoms with Crippen molar-refractivity contribution in [2.45, 2.75) is 13.8 Å². The van der Waals surface area contributed by atoms with Crippen LogP contribution in [0.25, 0.3) is 0 Å². The van der Waals surface area contributed by atoms with E-state index in [4.69, 9.17) is 18.9 Å². The van der Waals surface area contributed by atoms with Crippen LogP contribution < -0.4 is 19.5 Å². The lowest BCUT2D eigenvalue weighted by atomic mass is 10.2. The predicted molar refractivity (Wildman–Crippen MR) is 84.2 cm³/mol. The highest BCUT2D eigenvalue weighted by atomic mass is 16.5. The highest BCUT2D eigenvalue weighted by Gasteiger charge is 2.18. The molecule has 0 heterocycles. The number of carbonyl (C=O) groups excluding carboxylic acids is 2. The molecule has 0 aromatic heterocycles. The van der Waals surface area contributed by atoms with E-state index in [2.05, 4.69) is 5.32 Å². The molecule has 7 nitrogen and oxygen atoms in total. The summed E-state index contributed by atoms with van der Waals surface area (Å²) in [6.45, 7) is 4.13. The lowest BCUT2D eigenvalue weighted by molar-refractivity contribution is -0.124. The summed E-state index contributed by atoms with van der Waals surface area (Å²) >= 11 is 0. The first-order valence-electron chi connectivity index (χ1n) is 7.16. The molecule has 1 amide bonds. The summed E-state index contributed by atoms with van der Waals surface area (Å²) in [5, 5.41) is 2.67. The Labute approximate surface area is 135 Å². The van der Waals surface area contributed by atoms with Gasteiger partial charge in [-0.05, 0) is 18.1 Å². The lowest BCUT2D eigenvalue weighted by Crippen LogP contribution is -2.31. The van der Waals surface area contributed by atoms with Crippen LogP contribution in [0.2, 0.25) is 0 Å². The number of rotatable bonds is 8. The Balaban J connectivity index is 2.78. The summed E-state index contributed by atoms with van der Waals surface area (Å²) in [6.07, 6.45) is 0. The van der Waals surface area contributed by atoms with E-state index < -0.39 is 5.97 Å². The van der Waals surface area contributed by atoms with Gasteiger partial charge in [0.25, 0.3) is 5.91 Å². The van der Waals surface area contributed by atoms with Gasteiger partial charge in [-0.3, -0.25) is 4.79 Å². The largest absolute Gasteiger partial charge is 0.493 e.